The van der Waals surface area contributed by atoms with Crippen molar-refractivity contribution in [2.45, 2.75) is 26.2 Å². The molecular weight excluding hydrogens is 247 g/mol. The molecule has 2 aromatic carbocycles. The minimum atomic E-state index is 0. The minimum absolute atomic E-state index is 0. The van der Waals surface area contributed by atoms with Crippen LogP contribution < -0.4 is 0 Å². The van der Waals surface area contributed by atoms with Crippen molar-refractivity contribution < 1.29 is 26.2 Å². The average molecular weight is 262 g/mol. The Morgan fingerprint density at radius 2 is 1.71 bits per heavy atom. The summed E-state index contributed by atoms with van der Waals surface area (Å²) in [5.41, 5.74) is 1.70. The molecule has 0 saturated heterocycles. The summed E-state index contributed by atoms with van der Waals surface area (Å²) < 4.78 is 0. The van der Waals surface area contributed by atoms with Gasteiger partial charge in [0, 0.05) is 26.2 Å². The topological polar surface area (TPSA) is 0 Å². The normalized spacial score (nSPS) is 11.4. The summed E-state index contributed by atoms with van der Waals surface area (Å²) in [5, 5.41) is 2.75. The molecule has 0 aromatic heterocycles. The molecule has 0 spiro atoms. The molecule has 0 aliphatic heterocycles. The van der Waals surface area contributed by atoms with Crippen molar-refractivity contribution in [1.82, 2.24) is 0 Å². The van der Waals surface area contributed by atoms with E-state index in [4.69, 9.17) is 0 Å². The first-order chi connectivity index (χ1) is 6.09. The third kappa shape index (κ3) is 2.03. The van der Waals surface area contributed by atoms with E-state index in [-0.39, 0.29) is 31.6 Å². The summed E-state index contributed by atoms with van der Waals surface area (Å²) in [6, 6.07) is 13.0. The van der Waals surface area contributed by atoms with Crippen LogP contribution in [0.2, 0.25) is 0 Å². The number of benzene rings is 1. The Kier molecular flexibility index (Phi) is 3.42. The van der Waals surface area contributed by atoms with Crippen LogP contribution in [0.5, 0.6) is 0 Å². The van der Waals surface area contributed by atoms with E-state index in [2.05, 4.69) is 57.2 Å². The van der Waals surface area contributed by atoms with Crippen LogP contribution in [0.15, 0.2) is 36.4 Å². The molecule has 0 aliphatic carbocycles. The Hall–Kier alpha value is -0.287. The molecule has 0 unspecified atom stereocenters. The van der Waals surface area contributed by atoms with Gasteiger partial charge in [0.15, 0.2) is 0 Å². The summed E-state index contributed by atoms with van der Waals surface area (Å²) in [5.74, 6) is 0. The zero-order chi connectivity index (χ0) is 9.47. The molecule has 0 nitrogen and oxygen atoms in total. The maximum Gasteiger partial charge on any atom is 0 e. The Balaban J connectivity index is 0.000000980. The maximum absolute atomic E-state index is 2.26. The molecule has 0 heterocycles. The molecule has 0 N–H and O–H groups in total. The third-order valence-corrected chi connectivity index (χ3v) is 2.49. The predicted molar refractivity (Wildman–Crippen MR) is 58.2 cm³/mol. The number of rotatable bonds is 0. The largest absolute Gasteiger partial charge is 0.150 e. The van der Waals surface area contributed by atoms with Crippen molar-refractivity contribution >= 4 is 10.8 Å². The predicted octanol–water partition coefficient (Wildman–Crippen LogP) is 3.85. The zero-order valence-corrected chi connectivity index (χ0v) is 11.4. The molecule has 72 valence electrons. The Morgan fingerprint density at radius 1 is 1.07 bits per heavy atom. The standard InChI is InChI=1S/C13H15.Zr/c1-13(2,3)12-9-8-10-6-4-5-7-11(10)12;/h4-9H,1-3H3;/q-1;. The van der Waals surface area contributed by atoms with Gasteiger partial charge in [-0.3, -0.25) is 0 Å². The minimum Gasteiger partial charge on any atom is -0.150 e. The Morgan fingerprint density at radius 3 is 2.36 bits per heavy atom. The van der Waals surface area contributed by atoms with Gasteiger partial charge in [0.25, 0.3) is 0 Å². The van der Waals surface area contributed by atoms with Gasteiger partial charge in [-0.15, -0.1) is 46.7 Å². The molecule has 2 rings (SSSR count). The first kappa shape index (κ1) is 11.8. The van der Waals surface area contributed by atoms with Crippen LogP contribution in [0, 0.1) is 0 Å². The molecule has 0 atom stereocenters. The van der Waals surface area contributed by atoms with Crippen LogP contribution in [0.4, 0.5) is 0 Å². The van der Waals surface area contributed by atoms with Gasteiger partial charge in [0.05, 0.1) is 0 Å². The van der Waals surface area contributed by atoms with E-state index < -0.39 is 0 Å². The third-order valence-electron chi connectivity index (χ3n) is 2.49. The van der Waals surface area contributed by atoms with Gasteiger partial charge in [0.2, 0.25) is 0 Å². The van der Waals surface area contributed by atoms with E-state index in [0.29, 0.717) is 0 Å². The van der Waals surface area contributed by atoms with Crippen LogP contribution in [0.25, 0.3) is 10.8 Å². The van der Waals surface area contributed by atoms with Crippen molar-refractivity contribution in [1.29, 1.82) is 0 Å². The average Bonchev–Trinajstić information content (AvgIpc) is 2.45. The van der Waals surface area contributed by atoms with Crippen LogP contribution in [-0.4, -0.2) is 0 Å². The van der Waals surface area contributed by atoms with E-state index in [1.54, 1.807) is 0 Å². The van der Waals surface area contributed by atoms with Gasteiger partial charge in [0.1, 0.15) is 0 Å². The fraction of sp³-hybridized carbons (Fsp3) is 0.308. The second kappa shape index (κ2) is 4.07. The quantitative estimate of drug-likeness (QED) is 0.633. The van der Waals surface area contributed by atoms with E-state index in [0.717, 1.165) is 0 Å². The summed E-state index contributed by atoms with van der Waals surface area (Å²) in [6.07, 6.45) is 0. The number of fused-ring (bicyclic) bond motifs is 1. The number of hydrogen-bond acceptors (Lipinski definition) is 0. The summed E-state index contributed by atoms with van der Waals surface area (Å²) in [4.78, 5) is 0. The van der Waals surface area contributed by atoms with Gasteiger partial charge in [-0.2, -0.15) is 0 Å². The molecule has 14 heavy (non-hydrogen) atoms. The fourth-order valence-corrected chi connectivity index (χ4v) is 1.80. The van der Waals surface area contributed by atoms with E-state index in [9.17, 15) is 0 Å². The van der Waals surface area contributed by atoms with Crippen molar-refractivity contribution in [3.8, 4) is 0 Å². The van der Waals surface area contributed by atoms with Gasteiger partial charge in [-0.25, -0.2) is 0 Å². The first-order valence-electron chi connectivity index (χ1n) is 4.74. The van der Waals surface area contributed by atoms with Crippen molar-refractivity contribution in [3.63, 3.8) is 0 Å². The smallest absolute Gasteiger partial charge is 0 e. The zero-order valence-electron chi connectivity index (χ0n) is 8.96. The summed E-state index contributed by atoms with van der Waals surface area (Å²) in [6.45, 7) is 6.78. The van der Waals surface area contributed by atoms with Crippen molar-refractivity contribution in [2.75, 3.05) is 0 Å². The molecule has 0 bridgehead atoms. The van der Waals surface area contributed by atoms with Crippen LogP contribution >= 0.6 is 0 Å². The Bertz CT molecular complexity index is 418. The molecule has 1 heteroatoms. The van der Waals surface area contributed by atoms with E-state index >= 15 is 0 Å². The van der Waals surface area contributed by atoms with E-state index in [1.807, 2.05) is 0 Å². The molecule has 0 fully saturated rings. The Labute approximate surface area is 105 Å². The van der Waals surface area contributed by atoms with Gasteiger partial charge >= 0.3 is 0 Å². The number of hydrogen-bond donors (Lipinski definition) is 0. The van der Waals surface area contributed by atoms with Crippen molar-refractivity contribution in [3.05, 3.63) is 42.0 Å². The molecule has 0 saturated carbocycles. The SMILES string of the molecule is CC(C)(C)c1c[cH-]c2ccccc12.[Zr]. The van der Waals surface area contributed by atoms with Crippen LogP contribution in [0.3, 0.4) is 0 Å². The summed E-state index contributed by atoms with van der Waals surface area (Å²) >= 11 is 0. The second-order valence-electron chi connectivity index (χ2n) is 4.58. The van der Waals surface area contributed by atoms with Gasteiger partial charge < -0.3 is 0 Å². The first-order valence-corrected chi connectivity index (χ1v) is 4.74. The molecule has 0 aliphatic rings. The van der Waals surface area contributed by atoms with Crippen LogP contribution in [0.1, 0.15) is 26.3 Å². The monoisotopic (exact) mass is 261 g/mol. The second-order valence-corrected chi connectivity index (χ2v) is 4.58. The van der Waals surface area contributed by atoms with E-state index in [1.165, 1.54) is 16.3 Å². The summed E-state index contributed by atoms with van der Waals surface area (Å²) in [7, 11) is 0. The molecule has 2 aromatic rings. The van der Waals surface area contributed by atoms with Crippen LogP contribution in [-0.2, 0) is 31.6 Å². The van der Waals surface area contributed by atoms with Gasteiger partial charge in [-0.1, -0.05) is 32.3 Å². The maximum atomic E-state index is 2.26. The molecular formula is C13H15Zr-. The fourth-order valence-electron chi connectivity index (χ4n) is 1.80. The molecule has 0 amide bonds. The molecule has 0 radical (unpaired) electrons. The van der Waals surface area contributed by atoms with Gasteiger partial charge in [-0.05, 0) is 0 Å². The van der Waals surface area contributed by atoms with Crippen molar-refractivity contribution in [2.24, 2.45) is 0 Å².